The molecule has 7 nitrogen and oxygen atoms in total. The van der Waals surface area contributed by atoms with Crippen LogP contribution in [0.2, 0.25) is 0 Å². The number of nitrogens with one attached hydrogen (secondary N) is 2. The number of furan rings is 1. The molecule has 1 aliphatic heterocycles. The van der Waals surface area contributed by atoms with Crippen molar-refractivity contribution in [3.05, 3.63) is 83.2 Å². The minimum Gasteiger partial charge on any atom is -0.450 e. The van der Waals surface area contributed by atoms with E-state index in [9.17, 15) is 14.4 Å². The van der Waals surface area contributed by atoms with Crippen molar-refractivity contribution in [2.75, 3.05) is 11.9 Å². The average molecular weight is 448 g/mol. The molecule has 32 heavy (non-hydrogen) atoms. The molecule has 1 aliphatic rings. The molecule has 0 saturated carbocycles. The highest BCUT2D eigenvalue weighted by Crippen LogP contribution is 2.30. The lowest BCUT2D eigenvalue weighted by atomic mass is 10.2. The second-order valence-electron chi connectivity index (χ2n) is 7.37. The molecule has 162 valence electrons. The summed E-state index contributed by atoms with van der Waals surface area (Å²) in [4.78, 5) is 39.1. The normalized spacial score (nSPS) is 14.7. The summed E-state index contributed by atoms with van der Waals surface area (Å²) in [6, 6.07) is 18.2. The monoisotopic (exact) mass is 447 g/mol. The first-order chi connectivity index (χ1) is 15.4. The van der Waals surface area contributed by atoms with Crippen LogP contribution in [0.25, 0.3) is 6.08 Å². The smallest absolute Gasteiger partial charge is 0.329 e. The van der Waals surface area contributed by atoms with Crippen molar-refractivity contribution in [1.82, 2.24) is 10.2 Å². The van der Waals surface area contributed by atoms with E-state index in [1.165, 1.54) is 23.4 Å². The first-order valence-electron chi connectivity index (χ1n) is 9.93. The SMILES string of the molecule is Cc1ccc(Sc2ccc(/C=C3/NC(=O)N(CC(=O)Nc4cccc(C)c4)C3=O)o2)cc1. The highest BCUT2D eigenvalue weighted by molar-refractivity contribution is 7.99. The molecule has 1 fully saturated rings. The Labute approximate surface area is 189 Å². The third kappa shape index (κ3) is 5.09. The Hall–Kier alpha value is -3.78. The van der Waals surface area contributed by atoms with Crippen molar-refractivity contribution >= 4 is 41.4 Å². The molecule has 8 heteroatoms. The van der Waals surface area contributed by atoms with Gasteiger partial charge in [-0.3, -0.25) is 9.59 Å². The predicted octanol–water partition coefficient (Wildman–Crippen LogP) is 4.58. The summed E-state index contributed by atoms with van der Waals surface area (Å²) < 4.78 is 5.76. The maximum Gasteiger partial charge on any atom is 0.329 e. The van der Waals surface area contributed by atoms with Crippen LogP contribution in [-0.4, -0.2) is 29.3 Å². The van der Waals surface area contributed by atoms with Gasteiger partial charge in [0.2, 0.25) is 5.91 Å². The first-order valence-corrected chi connectivity index (χ1v) is 10.7. The summed E-state index contributed by atoms with van der Waals surface area (Å²) in [5.41, 5.74) is 2.82. The van der Waals surface area contributed by atoms with Crippen molar-refractivity contribution in [3.8, 4) is 0 Å². The predicted molar refractivity (Wildman–Crippen MR) is 122 cm³/mol. The molecule has 1 saturated heterocycles. The first kappa shape index (κ1) is 21.5. The van der Waals surface area contributed by atoms with Gasteiger partial charge in [-0.05, 0) is 55.8 Å². The van der Waals surface area contributed by atoms with Gasteiger partial charge in [0.1, 0.15) is 18.0 Å². The number of carbonyl (C=O) groups excluding carboxylic acids is 3. The molecule has 0 spiro atoms. The standard InChI is InChI=1S/C24H21N3O4S/c1-15-6-9-19(10-7-15)32-22-11-8-18(31-22)13-20-23(29)27(24(30)26-20)14-21(28)25-17-5-3-4-16(2)12-17/h3-13H,14H2,1-2H3,(H,25,28)(H,26,30)/b20-13+. The van der Waals surface area contributed by atoms with Crippen LogP contribution in [0.3, 0.4) is 0 Å². The Morgan fingerprint density at radius 1 is 1.06 bits per heavy atom. The van der Waals surface area contributed by atoms with Crippen LogP contribution >= 0.6 is 11.8 Å². The second kappa shape index (κ2) is 9.15. The highest BCUT2D eigenvalue weighted by Gasteiger charge is 2.35. The minimum atomic E-state index is -0.651. The number of benzene rings is 2. The van der Waals surface area contributed by atoms with E-state index in [1.54, 1.807) is 24.3 Å². The fourth-order valence-electron chi connectivity index (χ4n) is 3.11. The maximum atomic E-state index is 12.6. The maximum absolute atomic E-state index is 12.6. The Balaban J connectivity index is 1.40. The third-order valence-electron chi connectivity index (χ3n) is 4.69. The molecule has 3 aromatic rings. The van der Waals surface area contributed by atoms with Crippen LogP contribution in [0.4, 0.5) is 10.5 Å². The van der Waals surface area contributed by atoms with Gasteiger partial charge in [0, 0.05) is 16.7 Å². The van der Waals surface area contributed by atoms with Crippen molar-refractivity contribution in [2.45, 2.75) is 23.8 Å². The van der Waals surface area contributed by atoms with Gasteiger partial charge in [0.25, 0.3) is 5.91 Å². The topological polar surface area (TPSA) is 91.7 Å². The van der Waals surface area contributed by atoms with E-state index in [0.29, 0.717) is 16.5 Å². The number of carbonyl (C=O) groups is 3. The molecule has 2 aromatic carbocycles. The third-order valence-corrected chi connectivity index (χ3v) is 5.62. The van der Waals surface area contributed by atoms with Crippen LogP contribution in [0.15, 0.2) is 80.8 Å². The molecular weight excluding hydrogens is 426 g/mol. The van der Waals surface area contributed by atoms with E-state index >= 15 is 0 Å². The molecule has 2 N–H and O–H groups in total. The fraction of sp³-hybridized carbons (Fsp3) is 0.125. The number of nitrogens with zero attached hydrogens (tertiary/aromatic N) is 1. The van der Waals surface area contributed by atoms with E-state index in [0.717, 1.165) is 15.4 Å². The molecule has 4 amide bonds. The quantitative estimate of drug-likeness (QED) is 0.426. The van der Waals surface area contributed by atoms with Crippen LogP contribution in [-0.2, 0) is 9.59 Å². The van der Waals surface area contributed by atoms with Crippen molar-refractivity contribution in [3.63, 3.8) is 0 Å². The van der Waals surface area contributed by atoms with Crippen LogP contribution in [0, 0.1) is 13.8 Å². The zero-order valence-corrected chi connectivity index (χ0v) is 18.4. The van der Waals surface area contributed by atoms with Gasteiger partial charge in [-0.2, -0.15) is 0 Å². The van der Waals surface area contributed by atoms with Gasteiger partial charge in [0.15, 0.2) is 5.09 Å². The van der Waals surface area contributed by atoms with Gasteiger partial charge in [-0.15, -0.1) is 0 Å². The zero-order chi connectivity index (χ0) is 22.7. The van der Waals surface area contributed by atoms with Gasteiger partial charge < -0.3 is 15.1 Å². The highest BCUT2D eigenvalue weighted by atomic mass is 32.2. The van der Waals surface area contributed by atoms with Crippen LogP contribution in [0.5, 0.6) is 0 Å². The molecule has 0 aliphatic carbocycles. The second-order valence-corrected chi connectivity index (χ2v) is 8.45. The Morgan fingerprint density at radius 3 is 2.59 bits per heavy atom. The van der Waals surface area contributed by atoms with Gasteiger partial charge in [-0.25, -0.2) is 9.69 Å². The number of rotatable bonds is 6. The van der Waals surface area contributed by atoms with Gasteiger partial charge >= 0.3 is 6.03 Å². The fourth-order valence-corrected chi connectivity index (χ4v) is 3.89. The summed E-state index contributed by atoms with van der Waals surface area (Å²) in [5.74, 6) is -0.622. The summed E-state index contributed by atoms with van der Waals surface area (Å²) in [6.07, 6.45) is 1.46. The van der Waals surface area contributed by atoms with Gasteiger partial charge in [-0.1, -0.05) is 41.6 Å². The lowest BCUT2D eigenvalue weighted by molar-refractivity contribution is -0.127. The number of aryl methyl sites for hydroxylation is 2. The Morgan fingerprint density at radius 2 is 1.84 bits per heavy atom. The number of hydrogen-bond donors (Lipinski definition) is 2. The number of hydrogen-bond acceptors (Lipinski definition) is 5. The molecule has 0 bridgehead atoms. The summed E-state index contributed by atoms with van der Waals surface area (Å²) in [6.45, 7) is 3.54. The summed E-state index contributed by atoms with van der Waals surface area (Å²) >= 11 is 1.46. The molecule has 4 rings (SSSR count). The Kier molecular flexibility index (Phi) is 6.13. The van der Waals surface area contributed by atoms with Gasteiger partial charge in [0.05, 0.1) is 0 Å². The van der Waals surface area contributed by atoms with E-state index in [-0.39, 0.29) is 12.2 Å². The van der Waals surface area contributed by atoms with E-state index in [1.807, 2.05) is 50.2 Å². The number of imide groups is 1. The van der Waals surface area contributed by atoms with Crippen LogP contribution < -0.4 is 10.6 Å². The minimum absolute atomic E-state index is 0.0552. The Bertz CT molecular complexity index is 1210. The van der Waals surface area contributed by atoms with Crippen molar-refractivity contribution < 1.29 is 18.8 Å². The molecule has 1 aromatic heterocycles. The number of urea groups is 1. The lowest BCUT2D eigenvalue weighted by Crippen LogP contribution is -2.38. The molecule has 0 atom stereocenters. The number of anilines is 1. The van der Waals surface area contributed by atoms with Crippen molar-refractivity contribution in [2.24, 2.45) is 0 Å². The van der Waals surface area contributed by atoms with Crippen LogP contribution in [0.1, 0.15) is 16.9 Å². The van der Waals surface area contributed by atoms with E-state index in [2.05, 4.69) is 10.6 Å². The molecule has 2 heterocycles. The molecular formula is C24H21N3O4S. The van der Waals surface area contributed by atoms with E-state index in [4.69, 9.17) is 4.42 Å². The number of amides is 4. The summed E-state index contributed by atoms with van der Waals surface area (Å²) in [7, 11) is 0. The largest absolute Gasteiger partial charge is 0.450 e. The van der Waals surface area contributed by atoms with Crippen molar-refractivity contribution in [1.29, 1.82) is 0 Å². The van der Waals surface area contributed by atoms with E-state index < -0.39 is 17.8 Å². The molecule has 0 radical (unpaired) electrons. The molecule has 0 unspecified atom stereocenters. The lowest BCUT2D eigenvalue weighted by Gasteiger charge is -2.12. The average Bonchev–Trinajstić information content (AvgIpc) is 3.29. The zero-order valence-electron chi connectivity index (χ0n) is 17.5. The summed E-state index contributed by atoms with van der Waals surface area (Å²) in [5, 5.41) is 5.85.